The first-order chi connectivity index (χ1) is 11.9. The molecule has 2 aromatic rings. The molecule has 25 heavy (non-hydrogen) atoms. The van der Waals surface area contributed by atoms with Crippen molar-refractivity contribution >= 4 is 40.8 Å². The summed E-state index contributed by atoms with van der Waals surface area (Å²) in [6, 6.07) is 12.5. The topological polar surface area (TPSA) is 46.6 Å². The number of para-hydroxylation sites is 1. The van der Waals surface area contributed by atoms with E-state index in [0.29, 0.717) is 0 Å². The molecule has 0 radical (unpaired) electrons. The molecule has 0 fully saturated rings. The second-order valence-electron chi connectivity index (χ2n) is 6.04. The monoisotopic (exact) mass is 377 g/mol. The maximum atomic E-state index is 12.8. The van der Waals surface area contributed by atoms with Gasteiger partial charge < -0.3 is 9.64 Å². The summed E-state index contributed by atoms with van der Waals surface area (Å²) < 4.78 is 5.34. The van der Waals surface area contributed by atoms with E-state index in [0.717, 1.165) is 17.7 Å². The zero-order valence-corrected chi connectivity index (χ0v) is 15.3. The van der Waals surface area contributed by atoms with Gasteiger partial charge in [0.2, 0.25) is 0 Å². The van der Waals surface area contributed by atoms with Crippen LogP contribution in [-0.4, -0.2) is 24.0 Å². The van der Waals surface area contributed by atoms with Crippen molar-refractivity contribution < 1.29 is 14.3 Å². The molecule has 1 amide bonds. The molecule has 2 atom stereocenters. The fraction of sp³-hybridized carbons (Fsp3) is 0.263. The van der Waals surface area contributed by atoms with Crippen molar-refractivity contribution in [2.75, 3.05) is 4.90 Å². The molecule has 0 saturated carbocycles. The van der Waals surface area contributed by atoms with Crippen molar-refractivity contribution in [1.82, 2.24) is 0 Å². The van der Waals surface area contributed by atoms with Crippen molar-refractivity contribution in [3.8, 4) is 0 Å². The molecule has 0 N–H and O–H groups in total. The Kier molecular flexibility index (Phi) is 5.02. The lowest BCUT2D eigenvalue weighted by atomic mass is 10.1. The van der Waals surface area contributed by atoms with Crippen LogP contribution in [0.15, 0.2) is 42.5 Å². The van der Waals surface area contributed by atoms with Crippen LogP contribution in [0.4, 0.5) is 5.69 Å². The lowest BCUT2D eigenvalue weighted by Gasteiger charge is -2.26. The van der Waals surface area contributed by atoms with Crippen LogP contribution in [-0.2, 0) is 16.0 Å². The van der Waals surface area contributed by atoms with Gasteiger partial charge in [0.15, 0.2) is 6.10 Å². The van der Waals surface area contributed by atoms with Crippen molar-refractivity contribution in [3.63, 3.8) is 0 Å². The number of carbonyl (C=O) groups excluding carboxylic acids is 2. The number of hydrogen-bond acceptors (Lipinski definition) is 3. The van der Waals surface area contributed by atoms with Crippen LogP contribution in [0, 0.1) is 0 Å². The number of halogens is 2. The lowest BCUT2D eigenvalue weighted by Crippen LogP contribution is -2.43. The van der Waals surface area contributed by atoms with E-state index >= 15 is 0 Å². The molecule has 1 aliphatic rings. The second kappa shape index (κ2) is 7.06. The maximum absolute atomic E-state index is 12.8. The average molecular weight is 378 g/mol. The standard InChI is InChI=1S/C19H17Cl2NO3/c1-11-10-13-6-3-4-9-16(13)22(11)18(23)12(2)25-19(24)14-7-5-8-15(20)17(14)21/h3-9,11-12H,10H2,1-2H3/t11-,12-/m0/s1. The van der Waals surface area contributed by atoms with Crippen LogP contribution < -0.4 is 4.90 Å². The van der Waals surface area contributed by atoms with Gasteiger partial charge in [-0.15, -0.1) is 0 Å². The number of anilines is 1. The molecule has 0 unspecified atom stereocenters. The van der Waals surface area contributed by atoms with Gasteiger partial charge in [0, 0.05) is 11.7 Å². The molecule has 2 aromatic carbocycles. The largest absolute Gasteiger partial charge is 0.449 e. The van der Waals surface area contributed by atoms with Crippen molar-refractivity contribution in [2.24, 2.45) is 0 Å². The number of hydrogen-bond donors (Lipinski definition) is 0. The van der Waals surface area contributed by atoms with Crippen LogP contribution in [0.1, 0.15) is 29.8 Å². The molecular weight excluding hydrogens is 361 g/mol. The first-order valence-corrected chi connectivity index (χ1v) is 8.71. The highest BCUT2D eigenvalue weighted by atomic mass is 35.5. The SMILES string of the molecule is C[C@H](OC(=O)c1cccc(Cl)c1Cl)C(=O)N1c2ccccc2C[C@@H]1C. The minimum Gasteiger partial charge on any atom is -0.449 e. The summed E-state index contributed by atoms with van der Waals surface area (Å²) in [5.74, 6) is -0.933. The zero-order chi connectivity index (χ0) is 18.1. The third kappa shape index (κ3) is 3.37. The molecule has 130 valence electrons. The summed E-state index contributed by atoms with van der Waals surface area (Å²) >= 11 is 12.0. The van der Waals surface area contributed by atoms with E-state index in [9.17, 15) is 9.59 Å². The van der Waals surface area contributed by atoms with Crippen molar-refractivity contribution in [2.45, 2.75) is 32.4 Å². The minimum absolute atomic E-state index is 0.0146. The smallest absolute Gasteiger partial charge is 0.340 e. The predicted molar refractivity (Wildman–Crippen MR) is 98.4 cm³/mol. The van der Waals surface area contributed by atoms with E-state index in [1.165, 1.54) is 6.07 Å². The molecule has 4 nitrogen and oxygen atoms in total. The third-order valence-corrected chi connectivity index (χ3v) is 5.07. The Morgan fingerprint density at radius 2 is 1.88 bits per heavy atom. The summed E-state index contributed by atoms with van der Waals surface area (Å²) in [7, 11) is 0. The number of rotatable bonds is 3. The molecule has 3 rings (SSSR count). The van der Waals surface area contributed by atoms with E-state index in [1.54, 1.807) is 24.0 Å². The predicted octanol–water partition coefficient (Wildman–Crippen LogP) is 4.52. The highest BCUT2D eigenvalue weighted by Crippen LogP contribution is 2.33. The Morgan fingerprint density at radius 3 is 2.64 bits per heavy atom. The molecule has 0 bridgehead atoms. The van der Waals surface area contributed by atoms with Gasteiger partial charge in [-0.3, -0.25) is 4.79 Å². The Labute approximate surface area is 156 Å². The number of esters is 1. The van der Waals surface area contributed by atoms with Gasteiger partial charge in [-0.2, -0.15) is 0 Å². The van der Waals surface area contributed by atoms with Gasteiger partial charge in [0.1, 0.15) is 0 Å². The van der Waals surface area contributed by atoms with E-state index in [-0.39, 0.29) is 27.6 Å². The van der Waals surface area contributed by atoms with Gasteiger partial charge >= 0.3 is 5.97 Å². The quantitative estimate of drug-likeness (QED) is 0.738. The van der Waals surface area contributed by atoms with Gasteiger partial charge in [0.05, 0.1) is 15.6 Å². The number of fused-ring (bicyclic) bond motifs is 1. The number of nitrogens with zero attached hydrogens (tertiary/aromatic N) is 1. The van der Waals surface area contributed by atoms with Crippen LogP contribution in [0.5, 0.6) is 0 Å². The number of ether oxygens (including phenoxy) is 1. The second-order valence-corrected chi connectivity index (χ2v) is 6.82. The highest BCUT2D eigenvalue weighted by Gasteiger charge is 2.34. The summed E-state index contributed by atoms with van der Waals surface area (Å²) in [4.78, 5) is 26.9. The molecule has 1 heterocycles. The highest BCUT2D eigenvalue weighted by molar-refractivity contribution is 6.43. The molecular formula is C19H17Cl2NO3. The van der Waals surface area contributed by atoms with Crippen molar-refractivity contribution in [1.29, 1.82) is 0 Å². The van der Waals surface area contributed by atoms with Gasteiger partial charge in [0.25, 0.3) is 5.91 Å². The van der Waals surface area contributed by atoms with E-state index < -0.39 is 12.1 Å². The molecule has 6 heteroatoms. The van der Waals surface area contributed by atoms with Crippen molar-refractivity contribution in [3.05, 3.63) is 63.6 Å². The first-order valence-electron chi connectivity index (χ1n) is 7.96. The molecule has 0 spiro atoms. The normalized spacial score (nSPS) is 17.1. The van der Waals surface area contributed by atoms with Gasteiger partial charge in [-0.1, -0.05) is 47.5 Å². The first kappa shape index (κ1) is 17.8. The fourth-order valence-corrected chi connectivity index (χ4v) is 3.41. The Balaban J connectivity index is 1.77. The van der Waals surface area contributed by atoms with Crippen LogP contribution >= 0.6 is 23.2 Å². The maximum Gasteiger partial charge on any atom is 0.340 e. The molecule has 0 saturated heterocycles. The zero-order valence-electron chi connectivity index (χ0n) is 13.8. The molecule has 0 aromatic heterocycles. The number of amides is 1. The summed E-state index contributed by atoms with van der Waals surface area (Å²) in [6.45, 7) is 3.53. The summed E-state index contributed by atoms with van der Waals surface area (Å²) in [5, 5.41) is 0.380. The van der Waals surface area contributed by atoms with Crippen LogP contribution in [0.25, 0.3) is 0 Å². The molecule has 0 aliphatic carbocycles. The van der Waals surface area contributed by atoms with Crippen LogP contribution in [0.3, 0.4) is 0 Å². The number of benzene rings is 2. The Morgan fingerprint density at radius 1 is 1.16 bits per heavy atom. The van der Waals surface area contributed by atoms with E-state index in [4.69, 9.17) is 27.9 Å². The number of carbonyl (C=O) groups is 2. The van der Waals surface area contributed by atoms with E-state index in [1.807, 2.05) is 31.2 Å². The minimum atomic E-state index is -0.934. The lowest BCUT2D eigenvalue weighted by molar-refractivity contribution is -0.126. The van der Waals surface area contributed by atoms with Crippen LogP contribution in [0.2, 0.25) is 10.0 Å². The Hall–Kier alpha value is -2.04. The summed E-state index contributed by atoms with van der Waals surface area (Å²) in [5.41, 5.74) is 2.12. The van der Waals surface area contributed by atoms with Gasteiger partial charge in [-0.25, -0.2) is 4.79 Å². The average Bonchev–Trinajstić information content (AvgIpc) is 2.92. The fourth-order valence-electron chi connectivity index (χ4n) is 3.03. The third-order valence-electron chi connectivity index (χ3n) is 4.25. The summed E-state index contributed by atoms with van der Waals surface area (Å²) in [6.07, 6.45) is -0.154. The van der Waals surface area contributed by atoms with E-state index in [2.05, 4.69) is 0 Å². The van der Waals surface area contributed by atoms with Gasteiger partial charge in [-0.05, 0) is 44.0 Å². The Bertz CT molecular complexity index is 837. The molecule has 1 aliphatic heterocycles.